The highest BCUT2D eigenvalue weighted by molar-refractivity contribution is 5.87. The SMILES string of the molecule is CC(C)(C)OC(=O)[C@H](CCC(=O)OCCCN1CCN(C(=O)C(C)(C)CO[N+](=O)[O-])CC1)NC(=O)C(C)(C)C. The topological polar surface area (TPSA) is 158 Å². The van der Waals surface area contributed by atoms with Gasteiger partial charge in [-0.05, 0) is 47.5 Å². The molecule has 0 saturated carbocycles. The molecule has 2 amide bonds. The molecule has 39 heavy (non-hydrogen) atoms. The first kappa shape index (κ1) is 34.1. The molecule has 0 aromatic carbocycles. The largest absolute Gasteiger partial charge is 0.466 e. The average Bonchev–Trinajstić information content (AvgIpc) is 2.81. The minimum absolute atomic E-state index is 0.0505. The second-order valence-electron chi connectivity index (χ2n) is 12.4. The lowest BCUT2D eigenvalue weighted by Crippen LogP contribution is -2.53. The summed E-state index contributed by atoms with van der Waals surface area (Å²) >= 11 is 0. The number of esters is 2. The number of amides is 2. The molecule has 1 saturated heterocycles. The van der Waals surface area contributed by atoms with Gasteiger partial charge in [0.1, 0.15) is 18.2 Å². The van der Waals surface area contributed by atoms with E-state index in [-0.39, 0.29) is 37.9 Å². The van der Waals surface area contributed by atoms with Crippen LogP contribution in [0.3, 0.4) is 0 Å². The van der Waals surface area contributed by atoms with Crippen molar-refractivity contribution in [2.45, 2.75) is 86.3 Å². The zero-order valence-corrected chi connectivity index (χ0v) is 24.7. The summed E-state index contributed by atoms with van der Waals surface area (Å²) in [5.41, 5.74) is -2.44. The van der Waals surface area contributed by atoms with E-state index >= 15 is 0 Å². The van der Waals surface area contributed by atoms with Crippen molar-refractivity contribution in [2.75, 3.05) is 45.9 Å². The zero-order valence-electron chi connectivity index (χ0n) is 24.7. The lowest BCUT2D eigenvalue weighted by molar-refractivity contribution is -0.760. The van der Waals surface area contributed by atoms with Crippen molar-refractivity contribution in [1.29, 1.82) is 0 Å². The number of carbonyl (C=O) groups excluding carboxylic acids is 4. The van der Waals surface area contributed by atoms with Gasteiger partial charge in [-0.25, -0.2) is 4.79 Å². The maximum Gasteiger partial charge on any atom is 0.329 e. The first-order valence-electron chi connectivity index (χ1n) is 13.3. The summed E-state index contributed by atoms with van der Waals surface area (Å²) in [5.74, 6) is -1.58. The van der Waals surface area contributed by atoms with Crippen molar-refractivity contribution in [1.82, 2.24) is 15.1 Å². The first-order chi connectivity index (χ1) is 17.8. The van der Waals surface area contributed by atoms with E-state index in [4.69, 9.17) is 9.47 Å². The fourth-order valence-electron chi connectivity index (χ4n) is 3.68. The first-order valence-corrected chi connectivity index (χ1v) is 13.3. The lowest BCUT2D eigenvalue weighted by Gasteiger charge is -2.38. The number of rotatable bonds is 13. The van der Waals surface area contributed by atoms with E-state index in [2.05, 4.69) is 15.1 Å². The predicted octanol–water partition coefficient (Wildman–Crippen LogP) is 1.95. The van der Waals surface area contributed by atoms with Gasteiger partial charge in [-0.3, -0.25) is 19.3 Å². The summed E-state index contributed by atoms with van der Waals surface area (Å²) in [4.78, 5) is 68.7. The molecule has 1 N–H and O–H groups in total. The zero-order chi connectivity index (χ0) is 30.0. The minimum Gasteiger partial charge on any atom is -0.466 e. The lowest BCUT2D eigenvalue weighted by atomic mass is 9.92. The van der Waals surface area contributed by atoms with Gasteiger partial charge >= 0.3 is 11.9 Å². The molecular formula is C26H46N4O9. The van der Waals surface area contributed by atoms with Crippen LogP contribution in [0.5, 0.6) is 0 Å². The Hall–Kier alpha value is -2.96. The third-order valence-corrected chi connectivity index (χ3v) is 5.97. The van der Waals surface area contributed by atoms with Gasteiger partial charge in [-0.15, -0.1) is 10.1 Å². The molecule has 1 aliphatic heterocycles. The molecule has 0 radical (unpaired) electrons. The number of nitrogens with one attached hydrogen (secondary N) is 1. The Bertz CT molecular complexity index is 870. The third kappa shape index (κ3) is 13.1. The molecule has 0 aliphatic carbocycles. The van der Waals surface area contributed by atoms with Crippen LogP contribution in [0.15, 0.2) is 0 Å². The number of nitrogens with zero attached hydrogens (tertiary/aromatic N) is 3. The Balaban J connectivity index is 2.42. The Morgan fingerprint density at radius 3 is 2.08 bits per heavy atom. The number of carbonyl (C=O) groups is 4. The Morgan fingerprint density at radius 2 is 1.56 bits per heavy atom. The third-order valence-electron chi connectivity index (χ3n) is 5.97. The summed E-state index contributed by atoms with van der Waals surface area (Å²) in [7, 11) is 0. The van der Waals surface area contributed by atoms with Crippen molar-refractivity contribution < 1.29 is 38.6 Å². The molecule has 1 fully saturated rings. The van der Waals surface area contributed by atoms with Crippen LogP contribution >= 0.6 is 0 Å². The summed E-state index contributed by atoms with van der Waals surface area (Å²) in [5, 5.41) is 12.2. The van der Waals surface area contributed by atoms with Crippen LogP contribution in [0.2, 0.25) is 0 Å². The van der Waals surface area contributed by atoms with Crippen LogP contribution in [0.25, 0.3) is 0 Å². The van der Waals surface area contributed by atoms with Crippen LogP contribution in [-0.4, -0.2) is 96.2 Å². The normalized spacial score (nSPS) is 15.7. The number of piperazine rings is 1. The van der Waals surface area contributed by atoms with Gasteiger partial charge in [0.15, 0.2) is 0 Å². The van der Waals surface area contributed by atoms with Gasteiger partial charge in [0.25, 0.3) is 5.09 Å². The molecule has 1 heterocycles. The second kappa shape index (κ2) is 14.4. The molecule has 224 valence electrons. The van der Waals surface area contributed by atoms with E-state index in [1.54, 1.807) is 60.3 Å². The van der Waals surface area contributed by atoms with Crippen LogP contribution in [0.4, 0.5) is 0 Å². The Labute approximate surface area is 231 Å². The maximum absolute atomic E-state index is 12.7. The highest BCUT2D eigenvalue weighted by Gasteiger charge is 2.35. The number of hydrogen-bond acceptors (Lipinski definition) is 10. The maximum atomic E-state index is 12.7. The fourth-order valence-corrected chi connectivity index (χ4v) is 3.68. The van der Waals surface area contributed by atoms with Crippen LogP contribution in [0.1, 0.15) is 74.7 Å². The molecule has 1 aliphatic rings. The van der Waals surface area contributed by atoms with Crippen molar-refractivity contribution in [3.63, 3.8) is 0 Å². The second-order valence-corrected chi connectivity index (χ2v) is 12.4. The summed E-state index contributed by atoms with van der Waals surface area (Å²) in [6.07, 6.45) is 0.609. The van der Waals surface area contributed by atoms with Gasteiger partial charge in [-0.2, -0.15) is 0 Å². The smallest absolute Gasteiger partial charge is 0.329 e. The Kier molecular flexibility index (Phi) is 12.6. The van der Waals surface area contributed by atoms with E-state index in [0.717, 1.165) is 0 Å². The van der Waals surface area contributed by atoms with Crippen LogP contribution < -0.4 is 5.32 Å². The monoisotopic (exact) mass is 558 g/mol. The molecule has 1 atom stereocenters. The van der Waals surface area contributed by atoms with E-state index < -0.39 is 39.5 Å². The molecule has 13 nitrogen and oxygen atoms in total. The van der Waals surface area contributed by atoms with E-state index in [9.17, 15) is 29.3 Å². The van der Waals surface area contributed by atoms with E-state index in [0.29, 0.717) is 39.1 Å². The molecule has 0 unspecified atom stereocenters. The predicted molar refractivity (Wildman–Crippen MR) is 142 cm³/mol. The van der Waals surface area contributed by atoms with Crippen molar-refractivity contribution in [2.24, 2.45) is 10.8 Å². The van der Waals surface area contributed by atoms with E-state index in [1.165, 1.54) is 0 Å². The van der Waals surface area contributed by atoms with Crippen molar-refractivity contribution >= 4 is 23.8 Å². The van der Waals surface area contributed by atoms with Crippen molar-refractivity contribution in [3.05, 3.63) is 10.1 Å². The summed E-state index contributed by atoms with van der Waals surface area (Å²) in [6, 6.07) is -0.960. The molecule has 0 bridgehead atoms. The number of ether oxygens (including phenoxy) is 2. The van der Waals surface area contributed by atoms with Gasteiger partial charge in [0.2, 0.25) is 11.8 Å². The summed E-state index contributed by atoms with van der Waals surface area (Å²) < 4.78 is 10.7. The van der Waals surface area contributed by atoms with Gasteiger partial charge in [-0.1, -0.05) is 20.8 Å². The number of hydrogen-bond donors (Lipinski definition) is 1. The Morgan fingerprint density at radius 1 is 0.974 bits per heavy atom. The highest BCUT2D eigenvalue weighted by Crippen LogP contribution is 2.21. The van der Waals surface area contributed by atoms with Crippen LogP contribution in [0, 0.1) is 20.9 Å². The minimum atomic E-state index is -0.999. The van der Waals surface area contributed by atoms with Gasteiger partial charge in [0, 0.05) is 44.6 Å². The quantitative estimate of drug-likeness (QED) is 0.153. The van der Waals surface area contributed by atoms with E-state index in [1.807, 2.05) is 0 Å². The highest BCUT2D eigenvalue weighted by atomic mass is 16.9. The van der Waals surface area contributed by atoms with Crippen molar-refractivity contribution in [3.8, 4) is 0 Å². The summed E-state index contributed by atoms with van der Waals surface area (Å²) in [6.45, 7) is 16.5. The molecular weight excluding hydrogens is 512 g/mol. The molecule has 1 rings (SSSR count). The average molecular weight is 559 g/mol. The molecule has 0 aromatic heterocycles. The van der Waals surface area contributed by atoms with Crippen LogP contribution in [-0.2, 0) is 33.5 Å². The molecule has 0 aromatic rings. The molecule has 0 spiro atoms. The fraction of sp³-hybridized carbons (Fsp3) is 0.846. The van der Waals surface area contributed by atoms with Gasteiger partial charge < -0.3 is 24.5 Å². The van der Waals surface area contributed by atoms with Gasteiger partial charge in [0.05, 0.1) is 12.0 Å². The molecule has 13 heteroatoms. The standard InChI is InChI=1S/C26H46N4O9/c1-24(2,3)22(33)27-19(21(32)39-25(4,5)6)10-11-20(31)37-17-9-12-28-13-15-29(16-14-28)23(34)26(7,8)18-38-30(35)36/h19H,9-18H2,1-8H3,(H,27,33)/t19-/m0/s1.